The van der Waals surface area contributed by atoms with Crippen molar-refractivity contribution in [3.8, 4) is 0 Å². The standard InChI is InChI=1S/C63H100O12/c1-4-7-10-13-16-19-22-25-26-27-28-29-30-33-36-39-42-45-48-51-57(66)74-61-59(68)58(67)60(62(69)70)75-63(61)72-53-54(73-56(65)50-47-44-41-38-35-32-24-21-18-15-12-9-6-3)52-71-55(64)49-46-43-40-37-34-31-23-20-17-14-11-8-5-2/h7,10-11,14,16,19-21,23-26,28-29,33,36,42,45,54,58-61,63,67-68H,4-6,8-9,12-13,15,17-18,22,27,30-32,34-35,37-41,43-44,46-53H2,1-3H3,(H,69,70)/b10-7-,14-11-,19-16-,23-20-,24-21-,26-25-,29-28-,36-33-,45-42-. The third-order valence-electron chi connectivity index (χ3n) is 12.3. The number of esters is 3. The van der Waals surface area contributed by atoms with Gasteiger partial charge in [-0.25, -0.2) is 4.79 Å². The minimum absolute atomic E-state index is 0.0718. The fourth-order valence-corrected chi connectivity index (χ4v) is 7.89. The molecule has 6 atom stereocenters. The van der Waals surface area contributed by atoms with Crippen LogP contribution in [0.4, 0.5) is 0 Å². The number of unbranched alkanes of at least 4 members (excludes halogenated alkanes) is 15. The summed E-state index contributed by atoms with van der Waals surface area (Å²) in [5.41, 5.74) is 0. The van der Waals surface area contributed by atoms with Crippen molar-refractivity contribution in [2.24, 2.45) is 0 Å². The molecule has 0 aliphatic carbocycles. The summed E-state index contributed by atoms with van der Waals surface area (Å²) in [5.74, 6) is -3.27. The predicted octanol–water partition coefficient (Wildman–Crippen LogP) is 14.7. The molecular weight excluding hydrogens is 949 g/mol. The van der Waals surface area contributed by atoms with Crippen molar-refractivity contribution in [1.82, 2.24) is 0 Å². The molecule has 1 aliphatic heterocycles. The molecule has 1 aliphatic rings. The van der Waals surface area contributed by atoms with E-state index >= 15 is 0 Å². The van der Waals surface area contributed by atoms with E-state index in [0.29, 0.717) is 25.7 Å². The van der Waals surface area contributed by atoms with Gasteiger partial charge in [0, 0.05) is 19.3 Å². The molecule has 0 amide bonds. The van der Waals surface area contributed by atoms with Crippen molar-refractivity contribution in [3.05, 3.63) is 109 Å². The zero-order chi connectivity index (χ0) is 54.7. The second-order valence-electron chi connectivity index (χ2n) is 19.2. The molecule has 1 heterocycles. The first kappa shape index (κ1) is 68.4. The van der Waals surface area contributed by atoms with Gasteiger partial charge >= 0.3 is 23.9 Å². The number of ether oxygens (including phenoxy) is 5. The fourth-order valence-electron chi connectivity index (χ4n) is 7.89. The Morgan fingerprint density at radius 1 is 0.453 bits per heavy atom. The van der Waals surface area contributed by atoms with Gasteiger partial charge in [0.1, 0.15) is 18.8 Å². The number of carbonyl (C=O) groups is 4. The predicted molar refractivity (Wildman–Crippen MR) is 303 cm³/mol. The number of carboxylic acid groups (broad SMARTS) is 1. The molecular formula is C63H100O12. The summed E-state index contributed by atoms with van der Waals surface area (Å²) in [4.78, 5) is 51.0. The summed E-state index contributed by atoms with van der Waals surface area (Å²) in [5, 5.41) is 31.4. The Kier molecular flexibility index (Phi) is 45.8. The molecule has 0 saturated carbocycles. The van der Waals surface area contributed by atoms with Crippen LogP contribution >= 0.6 is 0 Å². The minimum atomic E-state index is -1.94. The van der Waals surface area contributed by atoms with Crippen molar-refractivity contribution in [2.45, 2.75) is 250 Å². The smallest absolute Gasteiger partial charge is 0.335 e. The van der Waals surface area contributed by atoms with E-state index in [-0.39, 0.29) is 25.9 Å². The number of rotatable bonds is 47. The maximum atomic E-state index is 13.1. The second kappa shape index (κ2) is 50.2. The van der Waals surface area contributed by atoms with Gasteiger partial charge in [-0.15, -0.1) is 0 Å². The Labute approximate surface area is 453 Å². The van der Waals surface area contributed by atoms with Crippen LogP contribution < -0.4 is 0 Å². The van der Waals surface area contributed by atoms with Crippen molar-refractivity contribution < 1.29 is 58.2 Å². The maximum Gasteiger partial charge on any atom is 0.335 e. The van der Waals surface area contributed by atoms with Gasteiger partial charge in [0.2, 0.25) is 0 Å². The number of hydrogen-bond acceptors (Lipinski definition) is 11. The molecule has 1 fully saturated rings. The number of carboxylic acids is 1. The number of hydrogen-bond donors (Lipinski definition) is 3. The molecule has 0 aromatic rings. The lowest BCUT2D eigenvalue weighted by atomic mass is 9.98. The molecule has 0 aromatic heterocycles. The molecule has 0 bridgehead atoms. The van der Waals surface area contributed by atoms with E-state index < -0.39 is 67.3 Å². The maximum absolute atomic E-state index is 13.1. The summed E-state index contributed by atoms with van der Waals surface area (Å²) in [7, 11) is 0. The zero-order valence-corrected chi connectivity index (χ0v) is 46.5. The van der Waals surface area contributed by atoms with Gasteiger partial charge in [0.25, 0.3) is 0 Å². The monoisotopic (exact) mass is 1050 g/mol. The van der Waals surface area contributed by atoms with Crippen LogP contribution in [0.3, 0.4) is 0 Å². The van der Waals surface area contributed by atoms with Gasteiger partial charge in [-0.1, -0.05) is 194 Å². The van der Waals surface area contributed by atoms with Crippen LogP contribution in [0.25, 0.3) is 0 Å². The van der Waals surface area contributed by atoms with Crippen LogP contribution in [0, 0.1) is 0 Å². The first-order chi connectivity index (χ1) is 36.6. The van der Waals surface area contributed by atoms with Crippen molar-refractivity contribution in [3.63, 3.8) is 0 Å². The Morgan fingerprint density at radius 3 is 1.40 bits per heavy atom. The quantitative estimate of drug-likeness (QED) is 0.0228. The van der Waals surface area contributed by atoms with Crippen molar-refractivity contribution >= 4 is 23.9 Å². The third-order valence-corrected chi connectivity index (χ3v) is 12.3. The van der Waals surface area contributed by atoms with E-state index in [1.165, 1.54) is 25.7 Å². The Balaban J connectivity index is 2.76. The van der Waals surface area contributed by atoms with Crippen LogP contribution in [0.15, 0.2) is 109 Å². The van der Waals surface area contributed by atoms with Crippen LogP contribution in [0.2, 0.25) is 0 Å². The van der Waals surface area contributed by atoms with Crippen LogP contribution in [-0.4, -0.2) is 89.2 Å². The summed E-state index contributed by atoms with van der Waals surface area (Å²) in [6, 6.07) is 0. The van der Waals surface area contributed by atoms with E-state index in [1.807, 2.05) is 18.2 Å². The highest BCUT2D eigenvalue weighted by Gasteiger charge is 2.50. The molecule has 1 saturated heterocycles. The molecule has 3 N–H and O–H groups in total. The van der Waals surface area contributed by atoms with Crippen LogP contribution in [0.5, 0.6) is 0 Å². The minimum Gasteiger partial charge on any atom is -0.479 e. The Hall–Kier alpha value is -4.62. The van der Waals surface area contributed by atoms with Crippen molar-refractivity contribution in [1.29, 1.82) is 0 Å². The van der Waals surface area contributed by atoms with Crippen LogP contribution in [0.1, 0.15) is 213 Å². The molecule has 75 heavy (non-hydrogen) atoms. The normalized spacial score (nSPS) is 19.0. The molecule has 0 radical (unpaired) electrons. The molecule has 1 rings (SSSR count). The fraction of sp³-hybridized carbons (Fsp3) is 0.651. The highest BCUT2D eigenvalue weighted by Crippen LogP contribution is 2.26. The van der Waals surface area contributed by atoms with E-state index in [4.69, 9.17) is 23.7 Å². The lowest BCUT2D eigenvalue weighted by Crippen LogP contribution is -2.61. The molecule has 6 unspecified atom stereocenters. The first-order valence-corrected chi connectivity index (χ1v) is 28.9. The van der Waals surface area contributed by atoms with Gasteiger partial charge in [-0.05, 0) is 109 Å². The van der Waals surface area contributed by atoms with Gasteiger partial charge < -0.3 is 39.0 Å². The number of aliphatic carboxylic acids is 1. The van der Waals surface area contributed by atoms with E-state index in [0.717, 1.165) is 122 Å². The van der Waals surface area contributed by atoms with E-state index in [1.54, 1.807) is 0 Å². The lowest BCUT2D eigenvalue weighted by Gasteiger charge is -2.40. The van der Waals surface area contributed by atoms with Crippen molar-refractivity contribution in [2.75, 3.05) is 13.2 Å². The molecule has 12 nitrogen and oxygen atoms in total. The Morgan fingerprint density at radius 2 is 0.893 bits per heavy atom. The van der Waals surface area contributed by atoms with Gasteiger partial charge in [-0.3, -0.25) is 14.4 Å². The largest absolute Gasteiger partial charge is 0.479 e. The average Bonchev–Trinajstić information content (AvgIpc) is 3.39. The number of aliphatic hydroxyl groups excluding tert-OH is 2. The highest BCUT2D eigenvalue weighted by atomic mass is 16.7. The number of allylic oxidation sites excluding steroid dienone is 18. The second-order valence-corrected chi connectivity index (χ2v) is 19.2. The van der Waals surface area contributed by atoms with Crippen LogP contribution in [-0.2, 0) is 42.9 Å². The molecule has 0 aromatic carbocycles. The van der Waals surface area contributed by atoms with Gasteiger partial charge in [0.15, 0.2) is 24.6 Å². The highest BCUT2D eigenvalue weighted by molar-refractivity contribution is 5.74. The third kappa shape index (κ3) is 40.3. The average molecular weight is 1050 g/mol. The van der Waals surface area contributed by atoms with E-state index in [9.17, 15) is 34.5 Å². The summed E-state index contributed by atoms with van der Waals surface area (Å²) < 4.78 is 28.3. The summed E-state index contributed by atoms with van der Waals surface area (Å²) >= 11 is 0. The van der Waals surface area contributed by atoms with Gasteiger partial charge in [-0.2, -0.15) is 0 Å². The SMILES string of the molecule is CC/C=C\C/C=C\C/C=C\C/C=C\C/C=C\C/C=C\CCC(=O)OC1C(OCC(COC(=O)CCCCCCC/C=C\C/C=C\CCC)OC(=O)CCCCCCC/C=C\CCCCCC)OC(C(=O)O)C(O)C1O. The summed E-state index contributed by atoms with van der Waals surface area (Å²) in [6.45, 7) is 5.73. The first-order valence-electron chi connectivity index (χ1n) is 28.9. The van der Waals surface area contributed by atoms with Gasteiger partial charge in [0.05, 0.1) is 6.61 Å². The Bertz CT molecular complexity index is 1720. The lowest BCUT2D eigenvalue weighted by molar-refractivity contribution is -0.301. The summed E-state index contributed by atoms with van der Waals surface area (Å²) in [6.07, 6.45) is 55.0. The molecule has 0 spiro atoms. The molecule has 424 valence electrons. The topological polar surface area (TPSA) is 175 Å². The molecule has 12 heteroatoms. The zero-order valence-electron chi connectivity index (χ0n) is 46.5. The number of aliphatic hydroxyl groups is 2. The van der Waals surface area contributed by atoms with E-state index in [2.05, 4.69) is 112 Å². The number of carbonyl (C=O) groups excluding carboxylic acids is 3.